The summed E-state index contributed by atoms with van der Waals surface area (Å²) < 4.78 is 4.86. The summed E-state index contributed by atoms with van der Waals surface area (Å²) in [5, 5.41) is 11.1. The van der Waals surface area contributed by atoms with Crippen LogP contribution in [-0.4, -0.2) is 32.2 Å². The molecular formula is C7H13N3O2. The molecular weight excluding hydrogens is 158 g/mol. The summed E-state index contributed by atoms with van der Waals surface area (Å²) in [4.78, 5) is 10.2. The lowest BCUT2D eigenvalue weighted by Gasteiger charge is -2.01. The van der Waals surface area contributed by atoms with Crippen LogP contribution in [0.2, 0.25) is 0 Å². The van der Waals surface area contributed by atoms with Crippen LogP contribution in [0.25, 0.3) is 0 Å². The average Bonchev–Trinajstić information content (AvgIpc) is 2.02. The van der Waals surface area contributed by atoms with Crippen molar-refractivity contribution in [3.8, 4) is 6.07 Å². The van der Waals surface area contributed by atoms with Crippen LogP contribution in [0.3, 0.4) is 0 Å². The summed E-state index contributed by atoms with van der Waals surface area (Å²) in [5.41, 5.74) is 4.83. The third-order valence-corrected chi connectivity index (χ3v) is 1.08. The summed E-state index contributed by atoms with van der Waals surface area (Å²) >= 11 is 0. The van der Waals surface area contributed by atoms with Crippen LogP contribution in [0.1, 0.15) is 6.42 Å². The third kappa shape index (κ3) is 8.88. The van der Waals surface area contributed by atoms with E-state index in [2.05, 4.69) is 5.32 Å². The van der Waals surface area contributed by atoms with E-state index in [-0.39, 0.29) is 6.61 Å². The highest BCUT2D eigenvalue weighted by Crippen LogP contribution is 1.73. The lowest BCUT2D eigenvalue weighted by atomic mass is 10.4. The number of nitriles is 1. The van der Waals surface area contributed by atoms with Crippen molar-refractivity contribution in [1.29, 1.82) is 5.26 Å². The highest BCUT2D eigenvalue weighted by Gasteiger charge is 1.92. The second-order valence-electron chi connectivity index (χ2n) is 2.18. The number of hydrogen-bond acceptors (Lipinski definition) is 4. The van der Waals surface area contributed by atoms with Crippen molar-refractivity contribution in [2.24, 2.45) is 5.73 Å². The van der Waals surface area contributed by atoms with E-state index in [9.17, 15) is 4.79 Å². The predicted molar refractivity (Wildman–Crippen MR) is 43.1 cm³/mol. The van der Waals surface area contributed by atoms with E-state index < -0.39 is 5.91 Å². The Labute approximate surface area is 71.5 Å². The molecule has 3 N–H and O–H groups in total. The second-order valence-corrected chi connectivity index (χ2v) is 2.18. The molecule has 0 radical (unpaired) electrons. The van der Waals surface area contributed by atoms with Crippen LogP contribution in [0.4, 0.5) is 0 Å². The fourth-order valence-electron chi connectivity index (χ4n) is 0.586. The summed E-state index contributed by atoms with van der Waals surface area (Å²) in [6, 6.07) is 2.00. The maximum Gasteiger partial charge on any atom is 0.243 e. The molecule has 0 aromatic rings. The van der Waals surface area contributed by atoms with E-state index in [1.807, 2.05) is 6.07 Å². The molecule has 0 unspecified atom stereocenters. The Hall–Kier alpha value is -1.12. The van der Waals surface area contributed by atoms with Gasteiger partial charge in [0.15, 0.2) is 0 Å². The molecule has 0 rings (SSSR count). The molecule has 68 valence electrons. The first-order chi connectivity index (χ1) is 5.77. The molecule has 0 heterocycles. The summed E-state index contributed by atoms with van der Waals surface area (Å²) in [5.74, 6) is -0.466. The number of carbonyl (C=O) groups is 1. The quantitative estimate of drug-likeness (QED) is 0.480. The largest absolute Gasteiger partial charge is 0.370 e. The van der Waals surface area contributed by atoms with Gasteiger partial charge < -0.3 is 15.8 Å². The molecule has 0 aliphatic rings. The number of nitrogens with one attached hydrogen (secondary N) is 1. The third-order valence-electron chi connectivity index (χ3n) is 1.08. The SMILES string of the molecule is N#CCCNCCOCC(N)=O. The maximum atomic E-state index is 10.2. The van der Waals surface area contributed by atoms with Crippen molar-refractivity contribution < 1.29 is 9.53 Å². The minimum atomic E-state index is -0.466. The number of nitrogens with two attached hydrogens (primary N) is 1. The van der Waals surface area contributed by atoms with Crippen LogP contribution in [-0.2, 0) is 9.53 Å². The van der Waals surface area contributed by atoms with Gasteiger partial charge in [-0.3, -0.25) is 4.79 Å². The van der Waals surface area contributed by atoms with Crippen molar-refractivity contribution in [3.05, 3.63) is 0 Å². The number of carbonyl (C=O) groups excluding carboxylic acids is 1. The van der Waals surface area contributed by atoms with Gasteiger partial charge in [0.05, 0.1) is 12.7 Å². The Morgan fingerprint density at radius 3 is 2.92 bits per heavy atom. The second kappa shape index (κ2) is 7.98. The number of nitrogens with zero attached hydrogens (tertiary/aromatic N) is 1. The van der Waals surface area contributed by atoms with Gasteiger partial charge in [-0.15, -0.1) is 0 Å². The topological polar surface area (TPSA) is 88.1 Å². The molecule has 0 spiro atoms. The van der Waals surface area contributed by atoms with Gasteiger partial charge in [-0.1, -0.05) is 0 Å². The number of ether oxygens (including phenoxy) is 1. The van der Waals surface area contributed by atoms with E-state index in [4.69, 9.17) is 15.7 Å². The number of amides is 1. The lowest BCUT2D eigenvalue weighted by molar-refractivity contribution is -0.122. The van der Waals surface area contributed by atoms with Gasteiger partial charge in [0.25, 0.3) is 0 Å². The van der Waals surface area contributed by atoms with E-state index in [1.165, 1.54) is 0 Å². The first-order valence-electron chi connectivity index (χ1n) is 3.71. The lowest BCUT2D eigenvalue weighted by Crippen LogP contribution is -2.24. The minimum Gasteiger partial charge on any atom is -0.370 e. The molecule has 5 nitrogen and oxygen atoms in total. The van der Waals surface area contributed by atoms with Crippen molar-refractivity contribution in [1.82, 2.24) is 5.32 Å². The fourth-order valence-corrected chi connectivity index (χ4v) is 0.586. The summed E-state index contributed by atoms with van der Waals surface area (Å²) in [7, 11) is 0. The highest BCUT2D eigenvalue weighted by molar-refractivity contribution is 5.74. The van der Waals surface area contributed by atoms with Crippen LogP contribution < -0.4 is 11.1 Å². The number of hydrogen-bond donors (Lipinski definition) is 2. The predicted octanol–water partition coefficient (Wildman–Crippen LogP) is -1.01. The van der Waals surface area contributed by atoms with Gasteiger partial charge in [-0.25, -0.2) is 0 Å². The molecule has 0 bridgehead atoms. The number of primary amides is 1. The molecule has 12 heavy (non-hydrogen) atoms. The van der Waals surface area contributed by atoms with Gasteiger partial charge in [0.1, 0.15) is 6.61 Å². The maximum absolute atomic E-state index is 10.2. The standard InChI is InChI=1S/C7H13N3O2/c8-2-1-3-10-4-5-12-6-7(9)11/h10H,1,3-6H2,(H2,9,11). The molecule has 0 saturated heterocycles. The van der Waals surface area contributed by atoms with Crippen LogP contribution in [0.15, 0.2) is 0 Å². The average molecular weight is 171 g/mol. The Balaban J connectivity index is 2.92. The van der Waals surface area contributed by atoms with Crippen LogP contribution in [0.5, 0.6) is 0 Å². The van der Waals surface area contributed by atoms with E-state index in [0.717, 1.165) is 0 Å². The van der Waals surface area contributed by atoms with E-state index in [1.54, 1.807) is 0 Å². The normalized spacial score (nSPS) is 9.25. The summed E-state index contributed by atoms with van der Waals surface area (Å²) in [6.45, 7) is 1.68. The van der Waals surface area contributed by atoms with Crippen molar-refractivity contribution in [2.45, 2.75) is 6.42 Å². The molecule has 0 aromatic carbocycles. The van der Waals surface area contributed by atoms with Gasteiger partial charge in [0, 0.05) is 19.5 Å². The van der Waals surface area contributed by atoms with E-state index >= 15 is 0 Å². The zero-order valence-corrected chi connectivity index (χ0v) is 6.88. The van der Waals surface area contributed by atoms with Crippen molar-refractivity contribution in [2.75, 3.05) is 26.3 Å². The molecule has 0 fully saturated rings. The smallest absolute Gasteiger partial charge is 0.243 e. The first-order valence-corrected chi connectivity index (χ1v) is 3.71. The molecule has 0 aliphatic heterocycles. The van der Waals surface area contributed by atoms with E-state index in [0.29, 0.717) is 26.1 Å². The van der Waals surface area contributed by atoms with Crippen molar-refractivity contribution in [3.63, 3.8) is 0 Å². The molecule has 1 amide bonds. The van der Waals surface area contributed by atoms with Gasteiger partial charge >= 0.3 is 0 Å². The molecule has 0 atom stereocenters. The molecule has 0 aliphatic carbocycles. The Bertz CT molecular complexity index is 165. The zero-order chi connectivity index (χ0) is 9.23. The fraction of sp³-hybridized carbons (Fsp3) is 0.714. The van der Waals surface area contributed by atoms with Gasteiger partial charge in [-0.2, -0.15) is 5.26 Å². The first kappa shape index (κ1) is 10.9. The van der Waals surface area contributed by atoms with Crippen molar-refractivity contribution >= 4 is 5.91 Å². The zero-order valence-electron chi connectivity index (χ0n) is 6.88. The molecule has 0 aromatic heterocycles. The van der Waals surface area contributed by atoms with Gasteiger partial charge in [-0.05, 0) is 0 Å². The van der Waals surface area contributed by atoms with Gasteiger partial charge in [0.2, 0.25) is 5.91 Å². The molecule has 0 saturated carbocycles. The monoisotopic (exact) mass is 171 g/mol. The summed E-state index contributed by atoms with van der Waals surface area (Å²) in [6.07, 6.45) is 0.482. The Morgan fingerprint density at radius 1 is 1.58 bits per heavy atom. The number of rotatable bonds is 7. The van der Waals surface area contributed by atoms with Crippen LogP contribution >= 0.6 is 0 Å². The Morgan fingerprint density at radius 2 is 2.33 bits per heavy atom. The van der Waals surface area contributed by atoms with Crippen LogP contribution in [0, 0.1) is 11.3 Å². The highest BCUT2D eigenvalue weighted by atomic mass is 16.5. The minimum absolute atomic E-state index is 0.0417. The molecule has 5 heteroatoms. The Kier molecular flexibility index (Phi) is 7.24.